The van der Waals surface area contributed by atoms with Crippen LogP contribution in [0.1, 0.15) is 5.56 Å². The summed E-state index contributed by atoms with van der Waals surface area (Å²) in [5, 5.41) is 0. The molecular formula is C12H15NO4. The van der Waals surface area contributed by atoms with E-state index in [9.17, 15) is 9.59 Å². The van der Waals surface area contributed by atoms with Crippen molar-refractivity contribution in [2.45, 2.75) is 6.54 Å². The summed E-state index contributed by atoms with van der Waals surface area (Å²) in [6, 6.07) is 5.32. The van der Waals surface area contributed by atoms with Crippen LogP contribution < -0.4 is 9.47 Å². The molecule has 0 aliphatic carbocycles. The lowest BCUT2D eigenvalue weighted by Crippen LogP contribution is -2.23. The maximum atomic E-state index is 10.7. The Morgan fingerprint density at radius 1 is 1.24 bits per heavy atom. The lowest BCUT2D eigenvalue weighted by molar-refractivity contribution is -0.122. The van der Waals surface area contributed by atoms with E-state index < -0.39 is 0 Å². The largest absolute Gasteiger partial charge is 0.497 e. The number of rotatable bonds is 7. The number of carbonyl (C=O) groups is 2. The Kier molecular flexibility index (Phi) is 5.00. The summed E-state index contributed by atoms with van der Waals surface area (Å²) in [7, 11) is 3.11. The summed E-state index contributed by atoms with van der Waals surface area (Å²) in [6.07, 6.45) is 1.32. The molecule has 1 aromatic rings. The molecule has 5 nitrogen and oxygen atoms in total. The molecule has 0 saturated heterocycles. The predicted molar refractivity (Wildman–Crippen MR) is 62.1 cm³/mol. The summed E-state index contributed by atoms with van der Waals surface area (Å²) >= 11 is 0. The quantitative estimate of drug-likeness (QED) is 0.660. The van der Waals surface area contributed by atoms with Crippen LogP contribution in [0, 0.1) is 0 Å². The molecule has 0 N–H and O–H groups in total. The van der Waals surface area contributed by atoms with Crippen LogP contribution in [0.15, 0.2) is 18.2 Å². The second-order valence-corrected chi connectivity index (χ2v) is 3.38. The van der Waals surface area contributed by atoms with E-state index in [1.807, 2.05) is 0 Å². The van der Waals surface area contributed by atoms with Crippen molar-refractivity contribution in [3.63, 3.8) is 0 Å². The maximum absolute atomic E-state index is 10.7. The van der Waals surface area contributed by atoms with Crippen molar-refractivity contribution in [1.29, 1.82) is 0 Å². The number of amides is 1. The van der Waals surface area contributed by atoms with Crippen LogP contribution in [-0.2, 0) is 16.1 Å². The molecule has 1 rings (SSSR count). The first kappa shape index (κ1) is 13.0. The highest BCUT2D eigenvalue weighted by Crippen LogP contribution is 2.25. The minimum absolute atomic E-state index is 0.0681. The first-order chi connectivity index (χ1) is 8.24. The van der Waals surface area contributed by atoms with E-state index in [1.165, 1.54) is 4.90 Å². The summed E-state index contributed by atoms with van der Waals surface area (Å²) in [4.78, 5) is 22.4. The fourth-order valence-corrected chi connectivity index (χ4v) is 1.44. The highest BCUT2D eigenvalue weighted by atomic mass is 16.5. The van der Waals surface area contributed by atoms with Crippen molar-refractivity contribution >= 4 is 12.7 Å². The summed E-state index contributed by atoms with van der Waals surface area (Å²) in [5.41, 5.74) is 0.822. The van der Waals surface area contributed by atoms with E-state index in [4.69, 9.17) is 9.47 Å². The molecule has 0 aliphatic rings. The fourth-order valence-electron chi connectivity index (χ4n) is 1.44. The van der Waals surface area contributed by atoms with E-state index in [2.05, 4.69) is 0 Å². The summed E-state index contributed by atoms with van der Waals surface area (Å²) < 4.78 is 10.3. The molecule has 0 spiro atoms. The Labute approximate surface area is 99.9 Å². The third-order valence-electron chi connectivity index (χ3n) is 2.33. The number of hydrogen-bond acceptors (Lipinski definition) is 4. The van der Waals surface area contributed by atoms with Crippen LogP contribution >= 0.6 is 0 Å². The third kappa shape index (κ3) is 3.48. The molecule has 0 radical (unpaired) electrons. The van der Waals surface area contributed by atoms with Gasteiger partial charge < -0.3 is 19.2 Å². The van der Waals surface area contributed by atoms with Crippen molar-refractivity contribution < 1.29 is 19.1 Å². The van der Waals surface area contributed by atoms with E-state index in [0.717, 1.165) is 5.56 Å². The van der Waals surface area contributed by atoms with Crippen LogP contribution in [0.2, 0.25) is 0 Å². The molecule has 0 bridgehead atoms. The van der Waals surface area contributed by atoms with Gasteiger partial charge in [-0.05, 0) is 12.1 Å². The molecule has 1 aromatic carbocycles. The van der Waals surface area contributed by atoms with Gasteiger partial charge in [0.25, 0.3) is 0 Å². The maximum Gasteiger partial charge on any atom is 0.210 e. The minimum Gasteiger partial charge on any atom is -0.497 e. The predicted octanol–water partition coefficient (Wildman–Crippen LogP) is 0.861. The van der Waals surface area contributed by atoms with Crippen LogP contribution in [0.4, 0.5) is 0 Å². The average molecular weight is 237 g/mol. The van der Waals surface area contributed by atoms with Crippen LogP contribution in [0.25, 0.3) is 0 Å². The van der Waals surface area contributed by atoms with Gasteiger partial charge in [-0.2, -0.15) is 0 Å². The number of nitrogens with zero attached hydrogens (tertiary/aromatic N) is 1. The number of methoxy groups -OCH3 is 2. The topological polar surface area (TPSA) is 55.8 Å². The van der Waals surface area contributed by atoms with Gasteiger partial charge in [-0.1, -0.05) is 0 Å². The zero-order valence-electron chi connectivity index (χ0n) is 9.88. The van der Waals surface area contributed by atoms with Gasteiger partial charge in [0.05, 0.1) is 20.8 Å². The molecule has 92 valence electrons. The average Bonchev–Trinajstić information content (AvgIpc) is 2.38. The first-order valence-electron chi connectivity index (χ1n) is 5.09. The lowest BCUT2D eigenvalue weighted by Gasteiger charge is -2.16. The molecule has 17 heavy (non-hydrogen) atoms. The SMILES string of the molecule is COc1ccc(CN(C=O)CC=O)c(OC)c1. The van der Waals surface area contributed by atoms with E-state index in [-0.39, 0.29) is 6.54 Å². The molecule has 0 aliphatic heterocycles. The number of benzene rings is 1. The summed E-state index contributed by atoms with van der Waals surface area (Å²) in [6.45, 7) is 0.397. The molecule has 0 aromatic heterocycles. The van der Waals surface area contributed by atoms with Gasteiger partial charge >= 0.3 is 0 Å². The van der Waals surface area contributed by atoms with Crippen LogP contribution in [0.5, 0.6) is 11.5 Å². The molecule has 0 atom stereocenters. The monoisotopic (exact) mass is 237 g/mol. The van der Waals surface area contributed by atoms with E-state index >= 15 is 0 Å². The molecular weight excluding hydrogens is 222 g/mol. The zero-order valence-corrected chi connectivity index (χ0v) is 9.88. The van der Waals surface area contributed by atoms with Crippen molar-refractivity contribution in [2.75, 3.05) is 20.8 Å². The first-order valence-corrected chi connectivity index (χ1v) is 5.09. The Bertz CT molecular complexity index is 392. The van der Waals surface area contributed by atoms with Crippen LogP contribution in [0.3, 0.4) is 0 Å². The Balaban J connectivity index is 2.88. The normalized spacial score (nSPS) is 9.53. The standard InChI is InChI=1S/C12H15NO4/c1-16-11-4-3-10(12(7-11)17-2)8-13(9-15)5-6-14/h3-4,6-7,9H,5,8H2,1-2H3. The van der Waals surface area contributed by atoms with Gasteiger partial charge in [0.1, 0.15) is 17.8 Å². The third-order valence-corrected chi connectivity index (χ3v) is 2.33. The Hall–Kier alpha value is -2.04. The number of hydrogen-bond donors (Lipinski definition) is 0. The van der Waals surface area contributed by atoms with E-state index in [0.29, 0.717) is 30.7 Å². The minimum atomic E-state index is 0.0681. The van der Waals surface area contributed by atoms with Crippen molar-refractivity contribution in [1.82, 2.24) is 4.90 Å². The fraction of sp³-hybridized carbons (Fsp3) is 0.333. The summed E-state index contributed by atoms with van der Waals surface area (Å²) in [5.74, 6) is 1.31. The van der Waals surface area contributed by atoms with Gasteiger partial charge in [-0.25, -0.2) is 0 Å². The van der Waals surface area contributed by atoms with Gasteiger partial charge in [0.15, 0.2) is 0 Å². The smallest absolute Gasteiger partial charge is 0.210 e. The number of ether oxygens (including phenoxy) is 2. The van der Waals surface area contributed by atoms with Gasteiger partial charge in [-0.3, -0.25) is 4.79 Å². The highest BCUT2D eigenvalue weighted by Gasteiger charge is 2.08. The Morgan fingerprint density at radius 2 is 2.00 bits per heavy atom. The lowest BCUT2D eigenvalue weighted by atomic mass is 10.2. The number of aldehydes is 1. The van der Waals surface area contributed by atoms with Crippen molar-refractivity contribution in [3.8, 4) is 11.5 Å². The van der Waals surface area contributed by atoms with Crippen molar-refractivity contribution in [3.05, 3.63) is 23.8 Å². The second-order valence-electron chi connectivity index (χ2n) is 3.38. The second kappa shape index (κ2) is 6.52. The van der Waals surface area contributed by atoms with Gasteiger partial charge in [0, 0.05) is 18.2 Å². The van der Waals surface area contributed by atoms with E-state index in [1.54, 1.807) is 32.4 Å². The zero-order chi connectivity index (χ0) is 12.7. The molecule has 5 heteroatoms. The molecule has 0 saturated carbocycles. The molecule has 0 heterocycles. The van der Waals surface area contributed by atoms with Crippen LogP contribution in [-0.4, -0.2) is 38.4 Å². The van der Waals surface area contributed by atoms with Crippen molar-refractivity contribution in [2.24, 2.45) is 0 Å². The molecule has 1 amide bonds. The molecule has 0 fully saturated rings. The van der Waals surface area contributed by atoms with Gasteiger partial charge in [-0.15, -0.1) is 0 Å². The highest BCUT2D eigenvalue weighted by molar-refractivity contribution is 5.59. The molecule has 0 unspecified atom stereocenters. The Morgan fingerprint density at radius 3 is 2.53 bits per heavy atom. The number of carbonyl (C=O) groups excluding carboxylic acids is 2. The van der Waals surface area contributed by atoms with Gasteiger partial charge in [0.2, 0.25) is 6.41 Å².